The molecule has 0 aromatic heterocycles. The molecule has 4 atom stereocenters. The third-order valence-corrected chi connectivity index (χ3v) is 6.85. The highest BCUT2D eigenvalue weighted by molar-refractivity contribution is 5.77. The van der Waals surface area contributed by atoms with Crippen LogP contribution in [-0.4, -0.2) is 0 Å². The Balaban J connectivity index is 1.60. The summed E-state index contributed by atoms with van der Waals surface area (Å²) in [6.07, 6.45) is 0. The van der Waals surface area contributed by atoms with E-state index >= 15 is 0 Å². The molecular formula is C28H22. The van der Waals surface area contributed by atoms with Crippen LogP contribution in [0.25, 0.3) is 11.1 Å². The Kier molecular flexibility index (Phi) is 3.52. The number of rotatable bonds is 2. The van der Waals surface area contributed by atoms with Gasteiger partial charge in [0.2, 0.25) is 0 Å². The van der Waals surface area contributed by atoms with E-state index in [-0.39, 0.29) is 0 Å². The largest absolute Gasteiger partial charge is 0.0622 e. The van der Waals surface area contributed by atoms with Gasteiger partial charge in [0, 0.05) is 0 Å². The molecule has 6 rings (SSSR count). The van der Waals surface area contributed by atoms with Gasteiger partial charge >= 0.3 is 0 Å². The van der Waals surface area contributed by atoms with Crippen molar-refractivity contribution < 1.29 is 0 Å². The molecule has 0 radical (unpaired) electrons. The molecule has 0 spiro atoms. The van der Waals surface area contributed by atoms with Crippen molar-refractivity contribution >= 4 is 0 Å². The van der Waals surface area contributed by atoms with Crippen molar-refractivity contribution in [1.82, 2.24) is 0 Å². The van der Waals surface area contributed by atoms with E-state index in [0.29, 0.717) is 23.7 Å². The van der Waals surface area contributed by atoms with Crippen LogP contribution in [0.15, 0.2) is 109 Å². The molecule has 134 valence electrons. The number of benzene rings is 4. The Morgan fingerprint density at radius 2 is 0.679 bits per heavy atom. The van der Waals surface area contributed by atoms with Crippen LogP contribution in [-0.2, 0) is 0 Å². The van der Waals surface area contributed by atoms with Gasteiger partial charge in [-0.15, -0.1) is 0 Å². The molecule has 0 bridgehead atoms. The van der Waals surface area contributed by atoms with Gasteiger partial charge in [0.15, 0.2) is 0 Å². The lowest BCUT2D eigenvalue weighted by molar-refractivity contribution is 0.226. The zero-order valence-corrected chi connectivity index (χ0v) is 15.7. The maximum absolute atomic E-state index is 2.36. The van der Waals surface area contributed by atoms with Gasteiger partial charge in [0.05, 0.1) is 0 Å². The highest BCUT2D eigenvalue weighted by atomic mass is 14.6. The van der Waals surface area contributed by atoms with Crippen LogP contribution in [0.1, 0.15) is 45.9 Å². The lowest BCUT2D eigenvalue weighted by Crippen LogP contribution is -2.42. The lowest BCUT2D eigenvalue weighted by atomic mass is 9.46. The second kappa shape index (κ2) is 6.21. The first-order valence-corrected chi connectivity index (χ1v) is 10.2. The van der Waals surface area contributed by atoms with Gasteiger partial charge in [-0.3, -0.25) is 0 Å². The summed E-state index contributed by atoms with van der Waals surface area (Å²) in [4.78, 5) is 0. The third kappa shape index (κ3) is 2.18. The molecule has 1 saturated carbocycles. The Morgan fingerprint density at radius 3 is 1.11 bits per heavy atom. The highest BCUT2D eigenvalue weighted by Gasteiger charge is 2.55. The van der Waals surface area contributed by atoms with E-state index in [2.05, 4.69) is 109 Å². The van der Waals surface area contributed by atoms with Crippen molar-refractivity contribution in [3.05, 3.63) is 131 Å². The molecule has 0 aliphatic heterocycles. The zero-order valence-electron chi connectivity index (χ0n) is 15.7. The van der Waals surface area contributed by atoms with Crippen LogP contribution in [0.3, 0.4) is 0 Å². The van der Waals surface area contributed by atoms with Crippen molar-refractivity contribution in [3.8, 4) is 11.1 Å². The average Bonchev–Trinajstić information content (AvgIpc) is 2.75. The van der Waals surface area contributed by atoms with Crippen LogP contribution in [0, 0.1) is 0 Å². The third-order valence-electron chi connectivity index (χ3n) is 6.85. The standard InChI is InChI=1S/C28H22/c1-3-11-19(12-4-1)25-26(20-13-5-2-6-14-20)28-24-18-10-8-16-22(24)21-15-7-9-17-23(21)27(25)28/h1-18,25-28H/t25-,26-,27+,28+/m0/s1. The van der Waals surface area contributed by atoms with Crippen LogP contribution < -0.4 is 0 Å². The summed E-state index contributed by atoms with van der Waals surface area (Å²) in [5.41, 5.74) is 8.82. The number of hydrogen-bond donors (Lipinski definition) is 0. The summed E-state index contributed by atoms with van der Waals surface area (Å²) in [7, 11) is 0. The quantitative estimate of drug-likeness (QED) is 0.358. The second-order valence-electron chi connectivity index (χ2n) is 8.10. The highest BCUT2D eigenvalue weighted by Crippen LogP contribution is 2.70. The normalized spacial score (nSPS) is 24.4. The first-order valence-electron chi connectivity index (χ1n) is 10.2. The molecule has 0 N–H and O–H groups in total. The molecule has 0 amide bonds. The van der Waals surface area contributed by atoms with E-state index in [4.69, 9.17) is 0 Å². The minimum absolute atomic E-state index is 0.517. The molecule has 0 nitrogen and oxygen atoms in total. The summed E-state index contributed by atoms with van der Waals surface area (Å²) >= 11 is 0. The smallest absolute Gasteiger partial charge is 0.000568 e. The Morgan fingerprint density at radius 1 is 0.321 bits per heavy atom. The van der Waals surface area contributed by atoms with Crippen molar-refractivity contribution in [2.75, 3.05) is 0 Å². The first kappa shape index (κ1) is 15.9. The molecule has 4 aromatic rings. The van der Waals surface area contributed by atoms with Gasteiger partial charge in [0.25, 0.3) is 0 Å². The Labute approximate surface area is 166 Å². The molecular weight excluding hydrogens is 336 g/mol. The van der Waals surface area contributed by atoms with Crippen LogP contribution >= 0.6 is 0 Å². The van der Waals surface area contributed by atoms with E-state index in [1.807, 2.05) is 0 Å². The molecule has 0 unspecified atom stereocenters. The summed E-state index contributed by atoms with van der Waals surface area (Å²) in [6, 6.07) is 40.4. The molecule has 0 saturated heterocycles. The van der Waals surface area contributed by atoms with Crippen molar-refractivity contribution in [2.45, 2.75) is 23.7 Å². The Hall–Kier alpha value is -3.12. The van der Waals surface area contributed by atoms with Gasteiger partial charge in [-0.2, -0.15) is 0 Å². The van der Waals surface area contributed by atoms with E-state index in [9.17, 15) is 0 Å². The van der Waals surface area contributed by atoms with E-state index in [0.717, 1.165) is 0 Å². The first-order chi connectivity index (χ1) is 13.9. The molecule has 0 heterocycles. The minimum atomic E-state index is 0.517. The minimum Gasteiger partial charge on any atom is -0.0622 e. The van der Waals surface area contributed by atoms with E-state index < -0.39 is 0 Å². The molecule has 2 aliphatic carbocycles. The maximum atomic E-state index is 2.36. The number of fused-ring (bicyclic) bond motifs is 6. The van der Waals surface area contributed by atoms with Crippen molar-refractivity contribution in [1.29, 1.82) is 0 Å². The van der Waals surface area contributed by atoms with Crippen molar-refractivity contribution in [2.24, 2.45) is 0 Å². The van der Waals surface area contributed by atoms with Crippen LogP contribution in [0.5, 0.6) is 0 Å². The van der Waals surface area contributed by atoms with Crippen LogP contribution in [0.4, 0.5) is 0 Å². The van der Waals surface area contributed by atoms with E-state index in [1.165, 1.54) is 33.4 Å². The van der Waals surface area contributed by atoms with Gasteiger partial charge in [-0.05, 0) is 57.1 Å². The molecule has 28 heavy (non-hydrogen) atoms. The van der Waals surface area contributed by atoms with E-state index in [1.54, 1.807) is 0 Å². The summed E-state index contributed by atoms with van der Waals surface area (Å²) in [5.74, 6) is 2.11. The number of hydrogen-bond acceptors (Lipinski definition) is 0. The summed E-state index contributed by atoms with van der Waals surface area (Å²) < 4.78 is 0. The van der Waals surface area contributed by atoms with Crippen molar-refractivity contribution in [3.63, 3.8) is 0 Å². The Bertz CT molecular complexity index is 1020. The molecule has 2 aliphatic rings. The lowest BCUT2D eigenvalue weighted by Gasteiger charge is -2.56. The fourth-order valence-corrected chi connectivity index (χ4v) is 5.77. The van der Waals surface area contributed by atoms with Gasteiger partial charge in [0.1, 0.15) is 0 Å². The zero-order chi connectivity index (χ0) is 18.5. The fourth-order valence-electron chi connectivity index (χ4n) is 5.77. The topological polar surface area (TPSA) is 0 Å². The average molecular weight is 358 g/mol. The van der Waals surface area contributed by atoms with Crippen LogP contribution in [0.2, 0.25) is 0 Å². The predicted molar refractivity (Wildman–Crippen MR) is 116 cm³/mol. The molecule has 1 fully saturated rings. The maximum Gasteiger partial charge on any atom is -0.000568 e. The van der Waals surface area contributed by atoms with Gasteiger partial charge < -0.3 is 0 Å². The summed E-state index contributed by atoms with van der Waals surface area (Å²) in [6.45, 7) is 0. The molecule has 0 heteroatoms. The SMILES string of the molecule is c1ccc([C@H]2[C@H](c3ccccc3)[C@H]3c4ccccc4-c4ccccc4[C@H]23)cc1. The second-order valence-corrected chi connectivity index (χ2v) is 8.10. The van der Waals surface area contributed by atoms with Gasteiger partial charge in [-0.25, -0.2) is 0 Å². The summed E-state index contributed by atoms with van der Waals surface area (Å²) in [5, 5.41) is 0. The van der Waals surface area contributed by atoms with Gasteiger partial charge in [-0.1, -0.05) is 109 Å². The monoisotopic (exact) mass is 358 g/mol. The fraction of sp³-hybridized carbons (Fsp3) is 0.143. The predicted octanol–water partition coefficient (Wildman–Crippen LogP) is 7.12. The molecule has 4 aromatic carbocycles.